The quantitative estimate of drug-likeness (QED) is 0.670. The summed E-state index contributed by atoms with van der Waals surface area (Å²) in [4.78, 5) is 21.6. The Morgan fingerprint density at radius 1 is 1.10 bits per heavy atom. The van der Waals surface area contributed by atoms with E-state index in [1.54, 1.807) is 18.5 Å². The van der Waals surface area contributed by atoms with Gasteiger partial charge in [-0.25, -0.2) is 0 Å². The van der Waals surface area contributed by atoms with Crippen LogP contribution in [0.5, 0.6) is 0 Å². The first-order chi connectivity index (χ1) is 14.3. The number of amides is 1. The number of carbonyl (C=O) groups is 1. The molecule has 0 radical (unpaired) electrons. The number of aromatic nitrogens is 3. The third kappa shape index (κ3) is 4.88. The average Bonchev–Trinajstić information content (AvgIpc) is 3.26. The molecule has 1 N–H and O–H groups in total. The second kappa shape index (κ2) is 9.45. The molecule has 0 aliphatic carbocycles. The number of rotatable bonds is 7. The molecule has 0 bridgehead atoms. The molecular weight excluding hydrogens is 366 g/mol. The minimum Gasteiger partial charge on any atom is -0.379 e. The van der Waals surface area contributed by atoms with Gasteiger partial charge in [-0.3, -0.25) is 19.8 Å². The highest BCUT2D eigenvalue weighted by Crippen LogP contribution is 2.22. The van der Waals surface area contributed by atoms with Gasteiger partial charge in [0.1, 0.15) is 5.69 Å². The molecule has 1 fully saturated rings. The van der Waals surface area contributed by atoms with E-state index in [9.17, 15) is 4.79 Å². The lowest BCUT2D eigenvalue weighted by Crippen LogP contribution is -2.43. The van der Waals surface area contributed by atoms with Crippen molar-refractivity contribution in [1.29, 1.82) is 0 Å². The zero-order chi connectivity index (χ0) is 19.9. The summed E-state index contributed by atoms with van der Waals surface area (Å²) in [5.74, 6) is -0.0703. The van der Waals surface area contributed by atoms with Crippen LogP contribution >= 0.6 is 0 Å². The third-order valence-electron chi connectivity index (χ3n) is 5.10. The number of nitrogens with zero attached hydrogens (tertiary/aromatic N) is 4. The Hall–Kier alpha value is -3.03. The number of benzene rings is 1. The zero-order valence-electron chi connectivity index (χ0n) is 16.3. The van der Waals surface area contributed by atoms with E-state index < -0.39 is 0 Å². The van der Waals surface area contributed by atoms with Crippen molar-refractivity contribution >= 4 is 5.91 Å². The maximum Gasteiger partial charge on any atom is 0.272 e. The molecule has 150 valence electrons. The Bertz CT molecular complexity index is 907. The lowest BCUT2D eigenvalue weighted by Gasteiger charge is -2.30. The smallest absolute Gasteiger partial charge is 0.272 e. The molecule has 7 heteroatoms. The first-order valence-corrected chi connectivity index (χ1v) is 9.89. The molecule has 7 nitrogen and oxygen atoms in total. The van der Waals surface area contributed by atoms with Crippen LogP contribution in [-0.2, 0) is 11.3 Å². The number of aromatic amines is 1. The number of hydrogen-bond donors (Lipinski definition) is 1. The molecule has 1 aliphatic heterocycles. The van der Waals surface area contributed by atoms with Gasteiger partial charge in [-0.1, -0.05) is 36.4 Å². The van der Waals surface area contributed by atoms with Crippen molar-refractivity contribution in [2.45, 2.75) is 6.54 Å². The third-order valence-corrected chi connectivity index (χ3v) is 5.10. The van der Waals surface area contributed by atoms with Gasteiger partial charge >= 0.3 is 0 Å². The number of H-pyrrole nitrogens is 1. The molecule has 29 heavy (non-hydrogen) atoms. The van der Waals surface area contributed by atoms with Crippen LogP contribution in [0.1, 0.15) is 16.1 Å². The summed E-state index contributed by atoms with van der Waals surface area (Å²) < 4.78 is 5.43. The summed E-state index contributed by atoms with van der Waals surface area (Å²) in [6, 6.07) is 15.5. The van der Waals surface area contributed by atoms with Gasteiger partial charge in [-0.2, -0.15) is 5.10 Å². The monoisotopic (exact) mass is 391 g/mol. The summed E-state index contributed by atoms with van der Waals surface area (Å²) in [5, 5.41) is 7.31. The second-order valence-electron chi connectivity index (χ2n) is 7.03. The molecule has 3 heterocycles. The second-order valence-corrected chi connectivity index (χ2v) is 7.03. The van der Waals surface area contributed by atoms with E-state index in [1.165, 1.54) is 0 Å². The van der Waals surface area contributed by atoms with Gasteiger partial charge in [0, 0.05) is 44.5 Å². The normalized spacial score (nSPS) is 14.6. The Labute approximate surface area is 170 Å². The van der Waals surface area contributed by atoms with Gasteiger partial charge in [0.05, 0.1) is 25.1 Å². The maximum atomic E-state index is 13.2. The van der Waals surface area contributed by atoms with Crippen molar-refractivity contribution in [1.82, 2.24) is 25.0 Å². The van der Waals surface area contributed by atoms with Crippen LogP contribution in [0, 0.1) is 0 Å². The highest BCUT2D eigenvalue weighted by molar-refractivity contribution is 5.92. The van der Waals surface area contributed by atoms with Crippen molar-refractivity contribution in [3.63, 3.8) is 0 Å². The van der Waals surface area contributed by atoms with E-state index >= 15 is 0 Å². The molecule has 0 saturated carbocycles. The SMILES string of the molecule is O=C(c1ccccn1)N(CCN1CCOCC1)Cc1cn[nH]c1-c1ccccc1. The molecule has 4 rings (SSSR count). The Kier molecular flexibility index (Phi) is 6.29. The number of nitrogens with one attached hydrogen (secondary N) is 1. The van der Waals surface area contributed by atoms with Crippen molar-refractivity contribution in [3.8, 4) is 11.3 Å². The van der Waals surface area contributed by atoms with Crippen molar-refractivity contribution in [3.05, 3.63) is 72.2 Å². The van der Waals surface area contributed by atoms with Crippen molar-refractivity contribution in [2.75, 3.05) is 39.4 Å². The van der Waals surface area contributed by atoms with Crippen LogP contribution in [0.25, 0.3) is 11.3 Å². The van der Waals surface area contributed by atoms with Crippen LogP contribution < -0.4 is 0 Å². The largest absolute Gasteiger partial charge is 0.379 e. The zero-order valence-corrected chi connectivity index (χ0v) is 16.3. The van der Waals surface area contributed by atoms with Gasteiger partial charge in [-0.05, 0) is 17.7 Å². The minimum atomic E-state index is -0.0703. The number of pyridine rings is 1. The standard InChI is InChI=1S/C22H25N5O2/c28-22(20-8-4-5-9-23-20)27(11-10-26-12-14-29-15-13-26)17-19-16-24-25-21(19)18-6-2-1-3-7-18/h1-9,16H,10-15,17H2,(H,24,25). The Morgan fingerprint density at radius 3 is 2.66 bits per heavy atom. The van der Waals surface area contributed by atoms with Crippen LogP contribution in [0.4, 0.5) is 0 Å². The fourth-order valence-corrected chi connectivity index (χ4v) is 3.48. The van der Waals surface area contributed by atoms with Crippen LogP contribution in [0.2, 0.25) is 0 Å². The molecular formula is C22H25N5O2. The molecule has 0 spiro atoms. The van der Waals surface area contributed by atoms with E-state index in [1.807, 2.05) is 47.4 Å². The first-order valence-electron chi connectivity index (χ1n) is 9.89. The summed E-state index contributed by atoms with van der Waals surface area (Å²) in [7, 11) is 0. The number of carbonyl (C=O) groups excluding carboxylic acids is 1. The summed E-state index contributed by atoms with van der Waals surface area (Å²) in [6.07, 6.45) is 3.45. The van der Waals surface area contributed by atoms with Gasteiger partial charge in [0.15, 0.2) is 0 Å². The summed E-state index contributed by atoms with van der Waals surface area (Å²) in [6.45, 7) is 5.18. The average molecular weight is 391 g/mol. The van der Waals surface area contributed by atoms with E-state index in [-0.39, 0.29) is 5.91 Å². The highest BCUT2D eigenvalue weighted by atomic mass is 16.5. The molecule has 1 amide bonds. The van der Waals surface area contributed by atoms with Gasteiger partial charge in [-0.15, -0.1) is 0 Å². The maximum absolute atomic E-state index is 13.2. The van der Waals surface area contributed by atoms with Crippen molar-refractivity contribution in [2.24, 2.45) is 0 Å². The summed E-state index contributed by atoms with van der Waals surface area (Å²) in [5.41, 5.74) is 3.44. The molecule has 1 aromatic carbocycles. The topological polar surface area (TPSA) is 74.3 Å². The fourth-order valence-electron chi connectivity index (χ4n) is 3.48. The van der Waals surface area contributed by atoms with Gasteiger partial charge in [0.2, 0.25) is 0 Å². The summed E-state index contributed by atoms with van der Waals surface area (Å²) >= 11 is 0. The van der Waals surface area contributed by atoms with Gasteiger partial charge in [0.25, 0.3) is 5.91 Å². The van der Waals surface area contributed by atoms with Crippen LogP contribution in [0.15, 0.2) is 60.9 Å². The van der Waals surface area contributed by atoms with E-state index in [4.69, 9.17) is 4.74 Å². The molecule has 1 aliphatic rings. The fraction of sp³-hybridized carbons (Fsp3) is 0.318. The van der Waals surface area contributed by atoms with Crippen LogP contribution in [0.3, 0.4) is 0 Å². The van der Waals surface area contributed by atoms with E-state index in [0.29, 0.717) is 18.8 Å². The Morgan fingerprint density at radius 2 is 1.90 bits per heavy atom. The van der Waals surface area contributed by atoms with Crippen LogP contribution in [-0.4, -0.2) is 70.3 Å². The number of ether oxygens (including phenoxy) is 1. The predicted octanol–water partition coefficient (Wildman–Crippen LogP) is 2.45. The van der Waals surface area contributed by atoms with E-state index in [0.717, 1.165) is 49.7 Å². The lowest BCUT2D eigenvalue weighted by atomic mass is 10.1. The molecule has 2 aromatic heterocycles. The molecule has 0 atom stereocenters. The van der Waals surface area contributed by atoms with Crippen molar-refractivity contribution < 1.29 is 9.53 Å². The minimum absolute atomic E-state index is 0.0703. The van der Waals surface area contributed by atoms with E-state index in [2.05, 4.69) is 20.1 Å². The Balaban J connectivity index is 1.54. The first kappa shape index (κ1) is 19.3. The number of morpholine rings is 1. The molecule has 3 aromatic rings. The predicted molar refractivity (Wildman–Crippen MR) is 110 cm³/mol. The molecule has 0 unspecified atom stereocenters. The van der Waals surface area contributed by atoms with Gasteiger partial charge < -0.3 is 9.64 Å². The lowest BCUT2D eigenvalue weighted by molar-refractivity contribution is 0.0319. The molecule has 1 saturated heterocycles. The highest BCUT2D eigenvalue weighted by Gasteiger charge is 2.21. The number of hydrogen-bond acceptors (Lipinski definition) is 5.